The number of halogens is 4. The molecule has 5 heteroatoms. The van der Waals surface area contributed by atoms with E-state index >= 15 is 0 Å². The Balaban J connectivity index is 2.34. The van der Waals surface area contributed by atoms with Gasteiger partial charge in [0.2, 0.25) is 0 Å². The second-order valence-corrected chi connectivity index (χ2v) is 5.02. The van der Waals surface area contributed by atoms with Gasteiger partial charge in [0.05, 0.1) is 5.56 Å². The van der Waals surface area contributed by atoms with E-state index in [0.717, 1.165) is 37.8 Å². The zero-order valence-corrected chi connectivity index (χ0v) is 10.7. The summed E-state index contributed by atoms with van der Waals surface area (Å²) in [5.41, 5.74) is -0.585. The largest absolute Gasteiger partial charge is 0.419 e. The van der Waals surface area contributed by atoms with E-state index in [9.17, 15) is 17.6 Å². The Morgan fingerprint density at radius 2 is 1.84 bits per heavy atom. The van der Waals surface area contributed by atoms with Gasteiger partial charge in [0, 0.05) is 6.04 Å². The minimum atomic E-state index is -4.64. The number of benzene rings is 1. The Bertz CT molecular complexity index is 442. The highest BCUT2D eigenvalue weighted by atomic mass is 19.4. The zero-order valence-electron chi connectivity index (χ0n) is 10.7. The van der Waals surface area contributed by atoms with Crippen LogP contribution in [0.2, 0.25) is 0 Å². The van der Waals surface area contributed by atoms with E-state index in [0.29, 0.717) is 5.56 Å². The number of alkyl halides is 3. The lowest BCUT2D eigenvalue weighted by Gasteiger charge is -2.32. The molecule has 1 nitrogen and oxygen atoms in total. The van der Waals surface area contributed by atoms with Gasteiger partial charge in [0.25, 0.3) is 0 Å². The Morgan fingerprint density at radius 1 is 1.16 bits per heavy atom. The van der Waals surface area contributed by atoms with Crippen molar-refractivity contribution in [1.29, 1.82) is 0 Å². The predicted molar refractivity (Wildman–Crippen MR) is 65.5 cm³/mol. The first-order valence-corrected chi connectivity index (χ1v) is 6.47. The molecular weight excluding hydrogens is 258 g/mol. The van der Waals surface area contributed by atoms with Crippen LogP contribution >= 0.6 is 0 Å². The van der Waals surface area contributed by atoms with Crippen LogP contribution in [-0.4, -0.2) is 13.1 Å². The van der Waals surface area contributed by atoms with Crippen molar-refractivity contribution in [2.45, 2.75) is 43.8 Å². The second-order valence-electron chi connectivity index (χ2n) is 5.02. The highest BCUT2D eigenvalue weighted by Crippen LogP contribution is 2.37. The molecule has 19 heavy (non-hydrogen) atoms. The monoisotopic (exact) mass is 275 g/mol. The number of hydrogen-bond acceptors (Lipinski definition) is 1. The number of hydrogen-bond donors (Lipinski definition) is 1. The molecule has 0 spiro atoms. The first kappa shape index (κ1) is 14.3. The SMILES string of the molecule is CNC1CCCCC1c1ccc(F)c(C(F)(F)F)c1. The fourth-order valence-electron chi connectivity index (χ4n) is 2.87. The van der Waals surface area contributed by atoms with Crippen LogP contribution in [0.4, 0.5) is 17.6 Å². The molecule has 1 aliphatic carbocycles. The van der Waals surface area contributed by atoms with Crippen molar-refractivity contribution in [2.24, 2.45) is 0 Å². The van der Waals surface area contributed by atoms with Gasteiger partial charge in [-0.25, -0.2) is 4.39 Å². The molecule has 1 fully saturated rings. The summed E-state index contributed by atoms with van der Waals surface area (Å²) in [4.78, 5) is 0. The fourth-order valence-corrected chi connectivity index (χ4v) is 2.87. The van der Waals surface area contributed by atoms with Crippen LogP contribution < -0.4 is 5.32 Å². The Labute approximate surface area is 110 Å². The summed E-state index contributed by atoms with van der Waals surface area (Å²) in [6.45, 7) is 0. The minimum absolute atomic E-state index is 0.0282. The minimum Gasteiger partial charge on any atom is -0.316 e. The normalized spacial score (nSPS) is 24.5. The maximum Gasteiger partial charge on any atom is 0.419 e. The molecule has 0 saturated heterocycles. The lowest BCUT2D eigenvalue weighted by molar-refractivity contribution is -0.140. The topological polar surface area (TPSA) is 12.0 Å². The van der Waals surface area contributed by atoms with E-state index in [4.69, 9.17) is 0 Å². The summed E-state index contributed by atoms with van der Waals surface area (Å²) in [5.74, 6) is -1.17. The van der Waals surface area contributed by atoms with Crippen molar-refractivity contribution >= 4 is 0 Å². The van der Waals surface area contributed by atoms with Crippen LogP contribution in [0.15, 0.2) is 18.2 Å². The van der Waals surface area contributed by atoms with Gasteiger partial charge >= 0.3 is 6.18 Å². The second kappa shape index (κ2) is 5.49. The summed E-state index contributed by atoms with van der Waals surface area (Å²) >= 11 is 0. The quantitative estimate of drug-likeness (QED) is 0.802. The standard InChI is InChI=1S/C14H17F4N/c1-19-13-5-3-2-4-10(13)9-6-7-12(15)11(8-9)14(16,17)18/h6-8,10,13,19H,2-5H2,1H3. The predicted octanol–water partition coefficient (Wildman–Crippen LogP) is 4.09. The van der Waals surface area contributed by atoms with Crippen LogP contribution in [0.1, 0.15) is 42.7 Å². The molecule has 0 amide bonds. The Hall–Kier alpha value is -1.10. The summed E-state index contributed by atoms with van der Waals surface area (Å²) in [7, 11) is 1.82. The van der Waals surface area contributed by atoms with Gasteiger partial charge in [-0.1, -0.05) is 18.9 Å². The van der Waals surface area contributed by atoms with Crippen molar-refractivity contribution in [3.8, 4) is 0 Å². The summed E-state index contributed by atoms with van der Waals surface area (Å²) in [6.07, 6.45) is -0.769. The highest BCUT2D eigenvalue weighted by molar-refractivity contribution is 5.31. The van der Waals surface area contributed by atoms with Gasteiger partial charge in [0.1, 0.15) is 5.82 Å². The average Bonchev–Trinajstić information content (AvgIpc) is 2.38. The molecule has 2 atom stereocenters. The van der Waals surface area contributed by atoms with E-state index in [1.807, 2.05) is 7.05 Å². The number of likely N-dealkylation sites (N-methyl/N-ethyl adjacent to an activating group) is 1. The lowest BCUT2D eigenvalue weighted by Crippen LogP contribution is -2.34. The van der Waals surface area contributed by atoms with Crippen molar-refractivity contribution in [1.82, 2.24) is 5.32 Å². The molecule has 0 radical (unpaired) electrons. The van der Waals surface area contributed by atoms with E-state index < -0.39 is 17.6 Å². The molecule has 1 N–H and O–H groups in total. The zero-order chi connectivity index (χ0) is 14.0. The third-order valence-corrected chi connectivity index (χ3v) is 3.86. The summed E-state index contributed by atoms with van der Waals surface area (Å²) < 4.78 is 51.4. The van der Waals surface area contributed by atoms with Gasteiger partial charge in [0.15, 0.2) is 0 Å². The molecule has 1 aromatic rings. The highest BCUT2D eigenvalue weighted by Gasteiger charge is 2.35. The molecule has 1 aromatic carbocycles. The molecule has 106 valence electrons. The molecule has 0 heterocycles. The molecule has 1 aliphatic rings. The molecule has 2 rings (SSSR count). The van der Waals surface area contributed by atoms with Crippen molar-refractivity contribution in [2.75, 3.05) is 7.05 Å². The lowest BCUT2D eigenvalue weighted by atomic mass is 9.79. The van der Waals surface area contributed by atoms with Gasteiger partial charge in [-0.2, -0.15) is 13.2 Å². The van der Waals surface area contributed by atoms with Gasteiger partial charge in [-0.05, 0) is 43.5 Å². The third-order valence-electron chi connectivity index (χ3n) is 3.86. The fraction of sp³-hybridized carbons (Fsp3) is 0.571. The van der Waals surface area contributed by atoms with E-state index in [1.54, 1.807) is 0 Å². The third kappa shape index (κ3) is 3.08. The summed E-state index contributed by atoms with van der Waals surface area (Å²) in [6, 6.07) is 3.54. The van der Waals surface area contributed by atoms with E-state index in [2.05, 4.69) is 5.32 Å². The van der Waals surface area contributed by atoms with Crippen molar-refractivity contribution in [3.05, 3.63) is 35.1 Å². The summed E-state index contributed by atoms with van der Waals surface area (Å²) in [5, 5.41) is 3.15. The average molecular weight is 275 g/mol. The first-order chi connectivity index (χ1) is 8.93. The molecular formula is C14H17F4N. The van der Waals surface area contributed by atoms with Crippen LogP contribution in [0.3, 0.4) is 0 Å². The number of nitrogens with one attached hydrogen (secondary N) is 1. The van der Waals surface area contributed by atoms with Crippen LogP contribution in [0.5, 0.6) is 0 Å². The first-order valence-electron chi connectivity index (χ1n) is 6.47. The van der Waals surface area contributed by atoms with E-state index in [-0.39, 0.29) is 12.0 Å². The molecule has 0 bridgehead atoms. The van der Waals surface area contributed by atoms with Crippen molar-refractivity contribution < 1.29 is 17.6 Å². The van der Waals surface area contributed by atoms with Crippen LogP contribution in [0, 0.1) is 5.82 Å². The van der Waals surface area contributed by atoms with Crippen LogP contribution in [-0.2, 0) is 6.18 Å². The van der Waals surface area contributed by atoms with Gasteiger partial charge < -0.3 is 5.32 Å². The maximum absolute atomic E-state index is 13.3. The molecule has 0 aromatic heterocycles. The maximum atomic E-state index is 13.3. The van der Waals surface area contributed by atoms with Crippen molar-refractivity contribution in [3.63, 3.8) is 0 Å². The van der Waals surface area contributed by atoms with Crippen LogP contribution in [0.25, 0.3) is 0 Å². The number of rotatable bonds is 2. The molecule has 2 unspecified atom stereocenters. The Kier molecular flexibility index (Phi) is 4.13. The molecule has 0 aliphatic heterocycles. The van der Waals surface area contributed by atoms with Gasteiger partial charge in [-0.3, -0.25) is 0 Å². The Morgan fingerprint density at radius 3 is 2.47 bits per heavy atom. The van der Waals surface area contributed by atoms with E-state index in [1.165, 1.54) is 6.07 Å². The molecule has 1 saturated carbocycles. The smallest absolute Gasteiger partial charge is 0.316 e. The van der Waals surface area contributed by atoms with Gasteiger partial charge in [-0.15, -0.1) is 0 Å².